The molecule has 0 spiro atoms. The number of benzene rings is 2. The van der Waals surface area contributed by atoms with Gasteiger partial charge in [0.15, 0.2) is 11.5 Å². The minimum absolute atomic E-state index is 0.0587. The predicted octanol–water partition coefficient (Wildman–Crippen LogP) is 3.26. The Balaban J connectivity index is 2.61. The zero-order valence-corrected chi connectivity index (χ0v) is 15.8. The van der Waals surface area contributed by atoms with Gasteiger partial charge in [0.1, 0.15) is 22.8 Å². The van der Waals surface area contributed by atoms with Gasteiger partial charge in [-0.1, -0.05) is 0 Å². The van der Waals surface area contributed by atoms with Crippen LogP contribution < -0.4 is 18.9 Å². The van der Waals surface area contributed by atoms with Crippen LogP contribution in [-0.2, 0) is 0 Å². The van der Waals surface area contributed by atoms with Crippen LogP contribution in [0.2, 0.25) is 0 Å². The molecule has 0 bridgehead atoms. The number of ketones is 1. The molecule has 24 heavy (non-hydrogen) atoms. The maximum absolute atomic E-state index is 13.0. The van der Waals surface area contributed by atoms with Crippen molar-refractivity contribution in [3.63, 3.8) is 0 Å². The van der Waals surface area contributed by atoms with Crippen LogP contribution in [0.15, 0.2) is 24.3 Å². The molecular formula is C17H17IO6. The summed E-state index contributed by atoms with van der Waals surface area (Å²) in [7, 11) is 5.90. The van der Waals surface area contributed by atoms with Crippen LogP contribution in [0.25, 0.3) is 0 Å². The van der Waals surface area contributed by atoms with Crippen LogP contribution in [-0.4, -0.2) is 39.3 Å². The minimum Gasteiger partial charge on any atom is -0.507 e. The molecule has 0 saturated heterocycles. The Hall–Kier alpha value is -2.16. The van der Waals surface area contributed by atoms with E-state index in [0.717, 1.165) is 0 Å². The highest BCUT2D eigenvalue weighted by atomic mass is 127. The second-order valence-corrected chi connectivity index (χ2v) is 5.90. The number of phenols is 1. The first-order valence-corrected chi connectivity index (χ1v) is 7.95. The summed E-state index contributed by atoms with van der Waals surface area (Å²) in [6.07, 6.45) is 0. The van der Waals surface area contributed by atoms with E-state index in [2.05, 4.69) is 0 Å². The van der Waals surface area contributed by atoms with E-state index in [4.69, 9.17) is 18.9 Å². The van der Waals surface area contributed by atoms with Gasteiger partial charge in [0.05, 0.1) is 28.4 Å². The topological polar surface area (TPSA) is 74.2 Å². The van der Waals surface area contributed by atoms with Crippen LogP contribution in [0.5, 0.6) is 28.7 Å². The molecule has 0 aromatic heterocycles. The van der Waals surface area contributed by atoms with Crippen LogP contribution in [0.1, 0.15) is 15.9 Å². The van der Waals surface area contributed by atoms with E-state index < -0.39 is 5.78 Å². The Kier molecular flexibility index (Phi) is 5.76. The molecule has 0 unspecified atom stereocenters. The molecule has 0 aliphatic rings. The lowest BCUT2D eigenvalue weighted by Gasteiger charge is -2.14. The summed E-state index contributed by atoms with van der Waals surface area (Å²) < 4.78 is 21.4. The fourth-order valence-corrected chi connectivity index (χ4v) is 2.93. The smallest absolute Gasteiger partial charge is 0.201 e. The standard InChI is InChI=1S/C17H17IO6/c1-21-9-5-12(19)16(15(6-9)24-4)17(20)10-7-13(22-2)14(23-3)8-11(10)18/h5-8,19H,1-4H3. The van der Waals surface area contributed by atoms with Gasteiger partial charge in [-0.25, -0.2) is 0 Å². The monoisotopic (exact) mass is 444 g/mol. The highest BCUT2D eigenvalue weighted by Crippen LogP contribution is 2.38. The summed E-state index contributed by atoms with van der Waals surface area (Å²) in [5, 5.41) is 10.2. The first kappa shape index (κ1) is 18.2. The molecule has 0 radical (unpaired) electrons. The number of carbonyl (C=O) groups is 1. The van der Waals surface area contributed by atoms with Crippen molar-refractivity contribution in [2.75, 3.05) is 28.4 Å². The van der Waals surface area contributed by atoms with E-state index in [1.165, 1.54) is 34.5 Å². The van der Waals surface area contributed by atoms with Gasteiger partial charge in [0.25, 0.3) is 0 Å². The third kappa shape index (κ3) is 3.35. The van der Waals surface area contributed by atoms with Crippen LogP contribution in [0.4, 0.5) is 0 Å². The molecular weight excluding hydrogens is 427 g/mol. The molecule has 1 N–H and O–H groups in total. The fraction of sp³-hybridized carbons (Fsp3) is 0.235. The van der Waals surface area contributed by atoms with E-state index in [9.17, 15) is 9.90 Å². The molecule has 128 valence electrons. The van der Waals surface area contributed by atoms with Crippen molar-refractivity contribution in [2.45, 2.75) is 0 Å². The summed E-state index contributed by atoms with van der Waals surface area (Å²) in [6.45, 7) is 0. The predicted molar refractivity (Wildman–Crippen MR) is 96.9 cm³/mol. The van der Waals surface area contributed by atoms with E-state index in [-0.39, 0.29) is 17.1 Å². The molecule has 2 aromatic rings. The second kappa shape index (κ2) is 7.61. The average molecular weight is 444 g/mol. The molecule has 6 nitrogen and oxygen atoms in total. The van der Waals surface area contributed by atoms with E-state index in [0.29, 0.717) is 26.4 Å². The van der Waals surface area contributed by atoms with Crippen molar-refractivity contribution < 1.29 is 28.8 Å². The Morgan fingerprint density at radius 2 is 1.46 bits per heavy atom. The number of hydrogen-bond acceptors (Lipinski definition) is 6. The Morgan fingerprint density at radius 3 is 2.00 bits per heavy atom. The number of phenolic OH excluding ortho intramolecular Hbond substituents is 1. The summed E-state index contributed by atoms with van der Waals surface area (Å²) in [6, 6.07) is 6.18. The lowest BCUT2D eigenvalue weighted by Crippen LogP contribution is -2.08. The Bertz CT molecular complexity index is 772. The quantitative estimate of drug-likeness (QED) is 0.545. The van der Waals surface area contributed by atoms with Crippen LogP contribution >= 0.6 is 22.6 Å². The van der Waals surface area contributed by atoms with E-state index >= 15 is 0 Å². The third-order valence-electron chi connectivity index (χ3n) is 3.46. The zero-order valence-electron chi connectivity index (χ0n) is 13.7. The van der Waals surface area contributed by atoms with Gasteiger partial charge in [-0.2, -0.15) is 0 Å². The van der Waals surface area contributed by atoms with Crippen molar-refractivity contribution in [1.29, 1.82) is 0 Å². The highest BCUT2D eigenvalue weighted by molar-refractivity contribution is 14.1. The van der Waals surface area contributed by atoms with Crippen molar-refractivity contribution in [3.8, 4) is 28.7 Å². The number of halogens is 1. The number of methoxy groups -OCH3 is 4. The lowest BCUT2D eigenvalue weighted by molar-refractivity contribution is 0.103. The average Bonchev–Trinajstić information content (AvgIpc) is 2.59. The van der Waals surface area contributed by atoms with Gasteiger partial charge >= 0.3 is 0 Å². The summed E-state index contributed by atoms with van der Waals surface area (Å²) in [4.78, 5) is 13.0. The van der Waals surface area contributed by atoms with Crippen LogP contribution in [0, 0.1) is 3.57 Å². The van der Waals surface area contributed by atoms with Gasteiger partial charge in [-0.3, -0.25) is 4.79 Å². The molecule has 0 fully saturated rings. The lowest BCUT2D eigenvalue weighted by atomic mass is 10.0. The molecule has 0 aliphatic carbocycles. The van der Waals surface area contributed by atoms with Gasteiger partial charge in [-0.05, 0) is 34.7 Å². The molecule has 0 amide bonds. The Labute approximate surface area is 153 Å². The fourth-order valence-electron chi connectivity index (χ4n) is 2.25. The maximum Gasteiger partial charge on any atom is 0.201 e. The Morgan fingerprint density at radius 1 is 0.875 bits per heavy atom. The number of carbonyl (C=O) groups excluding carboxylic acids is 1. The number of aromatic hydroxyl groups is 1. The SMILES string of the molecule is COc1cc(O)c(C(=O)c2cc(OC)c(OC)cc2I)c(OC)c1. The molecule has 2 aromatic carbocycles. The number of hydrogen-bond donors (Lipinski definition) is 1. The van der Waals surface area contributed by atoms with Crippen LogP contribution in [0.3, 0.4) is 0 Å². The summed E-state index contributed by atoms with van der Waals surface area (Å²) in [5.41, 5.74) is 0.426. The van der Waals surface area contributed by atoms with E-state index in [1.807, 2.05) is 22.6 Å². The molecule has 2 rings (SSSR count). The van der Waals surface area contributed by atoms with Crippen molar-refractivity contribution in [2.24, 2.45) is 0 Å². The normalized spacial score (nSPS) is 10.2. The van der Waals surface area contributed by atoms with Gasteiger partial charge in [0, 0.05) is 21.3 Å². The number of ether oxygens (including phenoxy) is 4. The highest BCUT2D eigenvalue weighted by Gasteiger charge is 2.24. The molecule has 7 heteroatoms. The number of rotatable bonds is 6. The first-order valence-electron chi connectivity index (χ1n) is 6.88. The van der Waals surface area contributed by atoms with E-state index in [1.54, 1.807) is 18.2 Å². The summed E-state index contributed by atoms with van der Waals surface area (Å²) >= 11 is 2.03. The molecule has 0 aliphatic heterocycles. The van der Waals surface area contributed by atoms with Gasteiger partial charge in [0.2, 0.25) is 5.78 Å². The molecule has 0 atom stereocenters. The minimum atomic E-state index is -0.391. The summed E-state index contributed by atoms with van der Waals surface area (Å²) in [5.74, 6) is 0.946. The molecule has 0 heterocycles. The second-order valence-electron chi connectivity index (χ2n) is 4.74. The van der Waals surface area contributed by atoms with Crippen molar-refractivity contribution >= 4 is 28.4 Å². The van der Waals surface area contributed by atoms with Crippen molar-refractivity contribution in [1.82, 2.24) is 0 Å². The van der Waals surface area contributed by atoms with Gasteiger partial charge in [-0.15, -0.1) is 0 Å². The zero-order chi connectivity index (χ0) is 17.9. The van der Waals surface area contributed by atoms with Crippen molar-refractivity contribution in [3.05, 3.63) is 39.0 Å². The first-order chi connectivity index (χ1) is 11.5. The van der Waals surface area contributed by atoms with Gasteiger partial charge < -0.3 is 24.1 Å². The third-order valence-corrected chi connectivity index (χ3v) is 4.35. The molecule has 0 saturated carbocycles. The largest absolute Gasteiger partial charge is 0.507 e. The maximum atomic E-state index is 13.0.